The first kappa shape index (κ1) is 17.9. The van der Waals surface area contributed by atoms with Crippen molar-refractivity contribution in [2.75, 3.05) is 6.61 Å². The molecule has 19 heavy (non-hydrogen) atoms. The molecule has 5 nitrogen and oxygen atoms in total. The van der Waals surface area contributed by atoms with E-state index in [4.69, 9.17) is 9.47 Å². The van der Waals surface area contributed by atoms with Gasteiger partial charge in [-0.25, -0.2) is 0 Å². The molecule has 2 atom stereocenters. The third-order valence-corrected chi connectivity index (χ3v) is 2.46. The maximum atomic E-state index is 11.8. The molecule has 0 radical (unpaired) electrons. The highest BCUT2D eigenvalue weighted by atomic mass is 16.6. The minimum atomic E-state index is -0.648. The Hall–Kier alpha value is -1.10. The van der Waals surface area contributed by atoms with Gasteiger partial charge in [-0.1, -0.05) is 6.92 Å². The Morgan fingerprint density at radius 1 is 1.21 bits per heavy atom. The monoisotopic (exact) mass is 273 g/mol. The third-order valence-electron chi connectivity index (χ3n) is 2.46. The Kier molecular flexibility index (Phi) is 7.68. The Morgan fingerprint density at radius 3 is 2.21 bits per heavy atom. The molecule has 0 rings (SSSR count). The van der Waals surface area contributed by atoms with Gasteiger partial charge in [0.05, 0.1) is 13.0 Å². The molecule has 0 fully saturated rings. The summed E-state index contributed by atoms with van der Waals surface area (Å²) in [5.41, 5.74) is -0.549. The van der Waals surface area contributed by atoms with Gasteiger partial charge in [0.2, 0.25) is 0 Å². The van der Waals surface area contributed by atoms with Gasteiger partial charge in [0.1, 0.15) is 11.6 Å². The molecule has 0 spiro atoms. The van der Waals surface area contributed by atoms with Crippen LogP contribution in [0.5, 0.6) is 0 Å². The lowest BCUT2D eigenvalue weighted by Crippen LogP contribution is -2.45. The van der Waals surface area contributed by atoms with E-state index >= 15 is 0 Å². The zero-order chi connectivity index (χ0) is 15.1. The van der Waals surface area contributed by atoms with Crippen molar-refractivity contribution in [3.63, 3.8) is 0 Å². The third kappa shape index (κ3) is 8.59. The average molecular weight is 273 g/mol. The van der Waals surface area contributed by atoms with Crippen LogP contribution in [0.2, 0.25) is 0 Å². The lowest BCUT2D eigenvalue weighted by Gasteiger charge is -2.23. The smallest absolute Gasteiger partial charge is 0.323 e. The molecular formula is C14H27NO4. The largest absolute Gasteiger partial charge is 0.465 e. The quantitative estimate of drug-likeness (QED) is 0.719. The van der Waals surface area contributed by atoms with Crippen LogP contribution in [0.25, 0.3) is 0 Å². The van der Waals surface area contributed by atoms with Crippen LogP contribution in [0, 0.1) is 0 Å². The number of carbonyl (C=O) groups excluding carboxylic acids is 2. The Balaban J connectivity index is 4.57. The summed E-state index contributed by atoms with van der Waals surface area (Å²) in [4.78, 5) is 23.6. The summed E-state index contributed by atoms with van der Waals surface area (Å²) in [5, 5.41) is 3.09. The van der Waals surface area contributed by atoms with Gasteiger partial charge in [-0.2, -0.15) is 0 Å². The number of nitrogens with one attached hydrogen (secondary N) is 1. The maximum Gasteiger partial charge on any atom is 0.323 e. The fraction of sp³-hybridized carbons (Fsp3) is 0.857. The lowest BCUT2D eigenvalue weighted by molar-refractivity contribution is -0.159. The topological polar surface area (TPSA) is 64.6 Å². The predicted octanol–water partition coefficient (Wildman–Crippen LogP) is 2.04. The van der Waals surface area contributed by atoms with Gasteiger partial charge in [0, 0.05) is 6.04 Å². The van der Waals surface area contributed by atoms with Crippen molar-refractivity contribution in [2.45, 2.75) is 72.1 Å². The minimum absolute atomic E-state index is 0.0134. The Labute approximate surface area is 116 Å². The first-order valence-electron chi connectivity index (χ1n) is 6.84. The standard InChI is InChI=1S/C14H27NO4/c1-7-10(3)15-11(13(17)18-8-2)9-12(16)19-14(4,5)6/h10-11,15H,7-9H2,1-6H3. The van der Waals surface area contributed by atoms with Crippen molar-refractivity contribution >= 4 is 11.9 Å². The summed E-state index contributed by atoms with van der Waals surface area (Å²) in [5.74, 6) is -0.810. The maximum absolute atomic E-state index is 11.8. The number of esters is 2. The van der Waals surface area contributed by atoms with Crippen molar-refractivity contribution < 1.29 is 19.1 Å². The summed E-state index contributed by atoms with van der Waals surface area (Å²) < 4.78 is 10.2. The van der Waals surface area contributed by atoms with E-state index in [1.54, 1.807) is 27.7 Å². The molecule has 0 heterocycles. The molecule has 0 aromatic carbocycles. The summed E-state index contributed by atoms with van der Waals surface area (Å²) in [6, 6.07) is -0.512. The predicted molar refractivity (Wildman–Crippen MR) is 73.8 cm³/mol. The van der Waals surface area contributed by atoms with Gasteiger partial charge in [0.25, 0.3) is 0 Å². The second kappa shape index (κ2) is 8.15. The number of hydrogen-bond acceptors (Lipinski definition) is 5. The van der Waals surface area contributed by atoms with E-state index in [1.165, 1.54) is 0 Å². The fourth-order valence-corrected chi connectivity index (χ4v) is 1.46. The molecule has 5 heteroatoms. The Bertz CT molecular complexity index is 296. The second-order valence-corrected chi connectivity index (χ2v) is 5.57. The Morgan fingerprint density at radius 2 is 1.79 bits per heavy atom. The van der Waals surface area contributed by atoms with E-state index in [0.717, 1.165) is 6.42 Å². The second-order valence-electron chi connectivity index (χ2n) is 5.57. The first-order valence-corrected chi connectivity index (χ1v) is 6.84. The zero-order valence-corrected chi connectivity index (χ0v) is 12.9. The molecule has 0 aliphatic rings. The molecule has 0 aromatic heterocycles. The molecule has 0 aliphatic heterocycles. The number of hydrogen-bond donors (Lipinski definition) is 1. The van der Waals surface area contributed by atoms with Crippen LogP contribution >= 0.6 is 0 Å². The van der Waals surface area contributed by atoms with E-state index in [1.807, 2.05) is 13.8 Å². The van der Waals surface area contributed by atoms with Crippen LogP contribution in [0.3, 0.4) is 0 Å². The van der Waals surface area contributed by atoms with Crippen LogP contribution in [-0.4, -0.2) is 36.2 Å². The molecule has 1 N–H and O–H groups in total. The number of rotatable bonds is 7. The van der Waals surface area contributed by atoms with Crippen LogP contribution in [0.15, 0.2) is 0 Å². The van der Waals surface area contributed by atoms with Crippen molar-refractivity contribution in [1.29, 1.82) is 0 Å². The molecule has 0 saturated carbocycles. The van der Waals surface area contributed by atoms with Gasteiger partial charge < -0.3 is 14.8 Å². The van der Waals surface area contributed by atoms with Crippen LogP contribution in [0.4, 0.5) is 0 Å². The molecule has 0 amide bonds. The van der Waals surface area contributed by atoms with Crippen molar-refractivity contribution in [3.8, 4) is 0 Å². The summed E-state index contributed by atoms with van der Waals surface area (Å²) in [7, 11) is 0. The molecule has 0 aliphatic carbocycles. The lowest BCUT2D eigenvalue weighted by atomic mass is 10.1. The van der Waals surface area contributed by atoms with Crippen LogP contribution in [0.1, 0.15) is 54.4 Å². The first-order chi connectivity index (χ1) is 8.69. The van der Waals surface area contributed by atoms with Crippen molar-refractivity contribution in [3.05, 3.63) is 0 Å². The van der Waals surface area contributed by atoms with Gasteiger partial charge in [0.15, 0.2) is 0 Å². The SMILES string of the molecule is CCOC(=O)C(CC(=O)OC(C)(C)C)NC(C)CC. The van der Waals surface area contributed by atoms with E-state index < -0.39 is 23.6 Å². The van der Waals surface area contributed by atoms with E-state index in [-0.39, 0.29) is 12.5 Å². The van der Waals surface area contributed by atoms with Crippen molar-refractivity contribution in [2.24, 2.45) is 0 Å². The van der Waals surface area contributed by atoms with Gasteiger partial charge >= 0.3 is 11.9 Å². The van der Waals surface area contributed by atoms with E-state index in [9.17, 15) is 9.59 Å². The van der Waals surface area contributed by atoms with E-state index in [2.05, 4.69) is 5.32 Å². The number of ether oxygens (including phenoxy) is 2. The zero-order valence-electron chi connectivity index (χ0n) is 12.9. The fourth-order valence-electron chi connectivity index (χ4n) is 1.46. The molecule has 0 saturated heterocycles. The summed E-state index contributed by atoms with van der Waals surface area (Å²) >= 11 is 0. The molecule has 0 bridgehead atoms. The van der Waals surface area contributed by atoms with Gasteiger partial charge in [-0.05, 0) is 41.0 Å². The molecule has 2 unspecified atom stereocenters. The highest BCUT2D eigenvalue weighted by molar-refractivity contribution is 5.82. The highest BCUT2D eigenvalue weighted by Gasteiger charge is 2.27. The van der Waals surface area contributed by atoms with E-state index in [0.29, 0.717) is 6.61 Å². The van der Waals surface area contributed by atoms with Gasteiger partial charge in [-0.15, -0.1) is 0 Å². The molecular weight excluding hydrogens is 246 g/mol. The summed E-state index contributed by atoms with van der Waals surface area (Å²) in [6.07, 6.45) is 0.852. The van der Waals surface area contributed by atoms with Crippen molar-refractivity contribution in [1.82, 2.24) is 5.32 Å². The minimum Gasteiger partial charge on any atom is -0.465 e. The molecule has 0 aromatic rings. The highest BCUT2D eigenvalue weighted by Crippen LogP contribution is 2.10. The van der Waals surface area contributed by atoms with Crippen LogP contribution in [-0.2, 0) is 19.1 Å². The summed E-state index contributed by atoms with van der Waals surface area (Å²) in [6.45, 7) is 11.4. The van der Waals surface area contributed by atoms with Gasteiger partial charge in [-0.3, -0.25) is 9.59 Å². The average Bonchev–Trinajstić information content (AvgIpc) is 2.25. The number of carbonyl (C=O) groups is 2. The van der Waals surface area contributed by atoms with Crippen LogP contribution < -0.4 is 5.32 Å². The molecule has 112 valence electrons. The normalized spacial score (nSPS) is 14.6.